The maximum absolute atomic E-state index is 11.8. The van der Waals surface area contributed by atoms with Crippen molar-refractivity contribution in [2.45, 2.75) is 26.7 Å². The molecule has 0 radical (unpaired) electrons. The lowest BCUT2D eigenvalue weighted by atomic mass is 10.1. The summed E-state index contributed by atoms with van der Waals surface area (Å²) < 4.78 is 0.827. The third kappa shape index (κ3) is 3.86. The van der Waals surface area contributed by atoms with E-state index in [0.717, 1.165) is 17.3 Å². The average Bonchev–Trinajstić information content (AvgIpc) is 2.31. The van der Waals surface area contributed by atoms with E-state index in [1.54, 1.807) is 18.2 Å². The zero-order valence-corrected chi connectivity index (χ0v) is 11.5. The molecule has 3 nitrogen and oxygen atoms in total. The van der Waals surface area contributed by atoms with Crippen molar-refractivity contribution in [2.24, 2.45) is 5.92 Å². The van der Waals surface area contributed by atoms with Gasteiger partial charge >= 0.3 is 0 Å². The summed E-state index contributed by atoms with van der Waals surface area (Å²) in [6.45, 7) is 3.94. The Kier molecular flexibility index (Phi) is 5.17. The SMILES string of the molecule is CCCC(C)C(=O)Nc1ccc(Br)cc1C#N. The van der Waals surface area contributed by atoms with Crippen molar-refractivity contribution in [2.75, 3.05) is 5.32 Å². The van der Waals surface area contributed by atoms with E-state index < -0.39 is 0 Å². The van der Waals surface area contributed by atoms with Crippen molar-refractivity contribution in [3.8, 4) is 6.07 Å². The molecule has 0 aliphatic rings. The lowest BCUT2D eigenvalue weighted by molar-refractivity contribution is -0.119. The number of benzene rings is 1. The van der Waals surface area contributed by atoms with E-state index >= 15 is 0 Å². The Labute approximate surface area is 110 Å². The smallest absolute Gasteiger partial charge is 0.227 e. The second kappa shape index (κ2) is 6.41. The molecule has 1 aromatic rings. The molecule has 0 fully saturated rings. The van der Waals surface area contributed by atoms with Crippen molar-refractivity contribution in [3.63, 3.8) is 0 Å². The Hall–Kier alpha value is -1.34. The van der Waals surface area contributed by atoms with Gasteiger partial charge in [0.2, 0.25) is 5.91 Å². The Morgan fingerprint density at radius 1 is 1.59 bits per heavy atom. The number of carbonyl (C=O) groups excluding carboxylic acids is 1. The molecule has 0 saturated carbocycles. The topological polar surface area (TPSA) is 52.9 Å². The van der Waals surface area contributed by atoms with Crippen LogP contribution in [0.2, 0.25) is 0 Å². The first-order valence-corrected chi connectivity index (χ1v) is 6.38. The Bertz CT molecular complexity index is 451. The predicted octanol–water partition coefficient (Wildman–Crippen LogP) is 3.70. The van der Waals surface area contributed by atoms with E-state index in [0.29, 0.717) is 11.3 Å². The number of anilines is 1. The van der Waals surface area contributed by atoms with Crippen molar-refractivity contribution in [1.29, 1.82) is 5.26 Å². The minimum absolute atomic E-state index is 0.0322. The van der Waals surface area contributed by atoms with Crippen LogP contribution in [0.25, 0.3) is 0 Å². The van der Waals surface area contributed by atoms with Gasteiger partial charge in [-0.1, -0.05) is 36.2 Å². The zero-order chi connectivity index (χ0) is 12.8. The predicted molar refractivity (Wildman–Crippen MR) is 71.6 cm³/mol. The number of halogens is 1. The summed E-state index contributed by atoms with van der Waals surface area (Å²) in [7, 11) is 0. The summed E-state index contributed by atoms with van der Waals surface area (Å²) >= 11 is 3.29. The van der Waals surface area contributed by atoms with Gasteiger partial charge in [-0.15, -0.1) is 0 Å². The van der Waals surface area contributed by atoms with E-state index in [1.807, 2.05) is 13.8 Å². The van der Waals surface area contributed by atoms with Crippen LogP contribution in [0.1, 0.15) is 32.3 Å². The fourth-order valence-corrected chi connectivity index (χ4v) is 1.90. The van der Waals surface area contributed by atoms with Crippen molar-refractivity contribution < 1.29 is 4.79 Å². The van der Waals surface area contributed by atoms with Crippen LogP contribution in [0.3, 0.4) is 0 Å². The Morgan fingerprint density at radius 2 is 2.29 bits per heavy atom. The minimum Gasteiger partial charge on any atom is -0.325 e. The van der Waals surface area contributed by atoms with Crippen LogP contribution in [0, 0.1) is 17.2 Å². The minimum atomic E-state index is -0.0364. The summed E-state index contributed by atoms with van der Waals surface area (Å²) in [5.41, 5.74) is 1.04. The molecule has 0 aliphatic heterocycles. The normalized spacial score (nSPS) is 11.6. The quantitative estimate of drug-likeness (QED) is 0.921. The highest BCUT2D eigenvalue weighted by Gasteiger charge is 2.13. The van der Waals surface area contributed by atoms with Crippen LogP contribution in [-0.4, -0.2) is 5.91 Å². The van der Waals surface area contributed by atoms with Crippen molar-refractivity contribution >= 4 is 27.5 Å². The van der Waals surface area contributed by atoms with E-state index in [-0.39, 0.29) is 11.8 Å². The first-order valence-electron chi connectivity index (χ1n) is 5.59. The van der Waals surface area contributed by atoms with Gasteiger partial charge in [-0.25, -0.2) is 0 Å². The lowest BCUT2D eigenvalue weighted by Crippen LogP contribution is -2.20. The number of hydrogen-bond acceptors (Lipinski definition) is 2. The Balaban J connectivity index is 2.82. The zero-order valence-electron chi connectivity index (χ0n) is 9.96. The molecule has 90 valence electrons. The molecule has 1 rings (SSSR count). The molecular weight excluding hydrogens is 280 g/mol. The summed E-state index contributed by atoms with van der Waals surface area (Å²) in [5, 5.41) is 11.8. The number of nitriles is 1. The molecule has 0 saturated heterocycles. The standard InChI is InChI=1S/C13H15BrN2O/c1-3-4-9(2)13(17)16-12-6-5-11(14)7-10(12)8-15/h5-7,9H,3-4H2,1-2H3,(H,16,17). The first-order chi connectivity index (χ1) is 8.08. The van der Waals surface area contributed by atoms with Crippen LogP contribution in [-0.2, 0) is 4.79 Å². The summed E-state index contributed by atoms with van der Waals surface area (Å²) in [4.78, 5) is 11.8. The van der Waals surface area contributed by atoms with Crippen LogP contribution < -0.4 is 5.32 Å². The van der Waals surface area contributed by atoms with Crippen LogP contribution in [0.15, 0.2) is 22.7 Å². The monoisotopic (exact) mass is 294 g/mol. The van der Waals surface area contributed by atoms with Crippen LogP contribution in [0.5, 0.6) is 0 Å². The molecule has 1 amide bonds. The van der Waals surface area contributed by atoms with Gasteiger partial charge in [-0.05, 0) is 24.6 Å². The average molecular weight is 295 g/mol. The molecular formula is C13H15BrN2O. The number of amides is 1. The van der Waals surface area contributed by atoms with Crippen LogP contribution in [0.4, 0.5) is 5.69 Å². The highest BCUT2D eigenvalue weighted by molar-refractivity contribution is 9.10. The van der Waals surface area contributed by atoms with Gasteiger partial charge in [0.15, 0.2) is 0 Å². The van der Waals surface area contributed by atoms with Gasteiger partial charge in [0.25, 0.3) is 0 Å². The van der Waals surface area contributed by atoms with E-state index in [1.165, 1.54) is 0 Å². The maximum atomic E-state index is 11.8. The van der Waals surface area contributed by atoms with E-state index in [2.05, 4.69) is 27.3 Å². The van der Waals surface area contributed by atoms with Crippen molar-refractivity contribution in [3.05, 3.63) is 28.2 Å². The third-order valence-electron chi connectivity index (χ3n) is 2.53. The molecule has 4 heteroatoms. The molecule has 0 aromatic heterocycles. The number of carbonyl (C=O) groups is 1. The fraction of sp³-hybridized carbons (Fsp3) is 0.385. The van der Waals surface area contributed by atoms with E-state index in [4.69, 9.17) is 5.26 Å². The maximum Gasteiger partial charge on any atom is 0.227 e. The molecule has 0 bridgehead atoms. The summed E-state index contributed by atoms with van der Waals surface area (Å²) in [6.07, 6.45) is 1.82. The van der Waals surface area contributed by atoms with Crippen LogP contribution >= 0.6 is 15.9 Å². The fourth-order valence-electron chi connectivity index (χ4n) is 1.54. The van der Waals surface area contributed by atoms with Gasteiger partial charge in [-0.3, -0.25) is 4.79 Å². The summed E-state index contributed by atoms with van der Waals surface area (Å²) in [5.74, 6) is -0.0686. The van der Waals surface area contributed by atoms with Crippen molar-refractivity contribution in [1.82, 2.24) is 0 Å². The molecule has 17 heavy (non-hydrogen) atoms. The van der Waals surface area contributed by atoms with E-state index in [9.17, 15) is 4.79 Å². The van der Waals surface area contributed by atoms with Gasteiger partial charge in [0.05, 0.1) is 11.3 Å². The highest BCUT2D eigenvalue weighted by Crippen LogP contribution is 2.21. The number of rotatable bonds is 4. The molecule has 1 atom stereocenters. The number of nitrogens with zero attached hydrogens (tertiary/aromatic N) is 1. The lowest BCUT2D eigenvalue weighted by Gasteiger charge is -2.12. The summed E-state index contributed by atoms with van der Waals surface area (Å²) in [6, 6.07) is 7.30. The molecule has 1 N–H and O–H groups in total. The third-order valence-corrected chi connectivity index (χ3v) is 3.02. The second-order valence-corrected chi connectivity index (χ2v) is 4.90. The molecule has 0 heterocycles. The molecule has 1 unspecified atom stereocenters. The number of hydrogen-bond donors (Lipinski definition) is 1. The van der Waals surface area contributed by atoms with Gasteiger partial charge in [0.1, 0.15) is 6.07 Å². The van der Waals surface area contributed by atoms with Gasteiger partial charge in [-0.2, -0.15) is 5.26 Å². The first kappa shape index (κ1) is 13.7. The largest absolute Gasteiger partial charge is 0.325 e. The Morgan fingerprint density at radius 3 is 2.88 bits per heavy atom. The van der Waals surface area contributed by atoms with Gasteiger partial charge in [0, 0.05) is 10.4 Å². The second-order valence-electron chi connectivity index (χ2n) is 3.98. The number of nitrogens with one attached hydrogen (secondary N) is 1. The van der Waals surface area contributed by atoms with Gasteiger partial charge < -0.3 is 5.32 Å². The molecule has 0 aliphatic carbocycles. The molecule has 0 spiro atoms. The molecule has 1 aromatic carbocycles. The highest BCUT2D eigenvalue weighted by atomic mass is 79.9.